The predicted octanol–water partition coefficient (Wildman–Crippen LogP) is 2.55. The topological polar surface area (TPSA) is 48.0 Å². The van der Waals surface area contributed by atoms with Crippen LogP contribution in [0, 0.1) is 11.3 Å². The molecule has 0 spiro atoms. The van der Waals surface area contributed by atoms with E-state index >= 15 is 0 Å². The van der Waals surface area contributed by atoms with Crippen LogP contribution in [0.3, 0.4) is 0 Å². The first-order valence-electron chi connectivity index (χ1n) is 8.88. The second-order valence-corrected chi connectivity index (χ2v) is 7.38. The van der Waals surface area contributed by atoms with Crippen molar-refractivity contribution < 1.29 is 19.0 Å². The minimum atomic E-state index is -1.02. The van der Waals surface area contributed by atoms with E-state index < -0.39 is 5.97 Å². The van der Waals surface area contributed by atoms with Gasteiger partial charge in [0.2, 0.25) is 5.91 Å². The maximum atomic E-state index is 12.4. The van der Waals surface area contributed by atoms with E-state index in [4.69, 9.17) is 14.2 Å². The minimum absolute atomic E-state index is 0.00282. The lowest BCUT2D eigenvalue weighted by Crippen LogP contribution is -2.63. The third-order valence-corrected chi connectivity index (χ3v) is 5.45. The molecule has 0 N–H and O–H groups in total. The maximum absolute atomic E-state index is 12.4. The molecule has 4 heterocycles. The van der Waals surface area contributed by atoms with Crippen LogP contribution < -0.4 is 0 Å². The molecule has 4 aliphatic heterocycles. The van der Waals surface area contributed by atoms with Gasteiger partial charge in [-0.1, -0.05) is 43.7 Å². The average Bonchev–Trinajstić information content (AvgIpc) is 2.99. The van der Waals surface area contributed by atoms with Gasteiger partial charge in [0, 0.05) is 24.9 Å². The lowest BCUT2D eigenvalue weighted by atomic mass is 9.83. The molecule has 5 heteroatoms. The second-order valence-electron chi connectivity index (χ2n) is 7.38. The SMILES string of the molecule is CCCC12COC(C3CC(=O)N(Cc4ccccc4)C3)(OC1)OC2. The van der Waals surface area contributed by atoms with Gasteiger partial charge < -0.3 is 19.1 Å². The highest BCUT2D eigenvalue weighted by atomic mass is 16.9. The molecule has 0 radical (unpaired) electrons. The van der Waals surface area contributed by atoms with Crippen LogP contribution in [0.1, 0.15) is 31.7 Å². The van der Waals surface area contributed by atoms with Crippen molar-refractivity contribution in [2.75, 3.05) is 26.4 Å². The Morgan fingerprint density at radius 1 is 1.12 bits per heavy atom. The van der Waals surface area contributed by atoms with Crippen LogP contribution in [0.2, 0.25) is 0 Å². The van der Waals surface area contributed by atoms with Crippen molar-refractivity contribution in [2.45, 2.75) is 38.7 Å². The van der Waals surface area contributed by atoms with E-state index in [0.29, 0.717) is 39.3 Å². The van der Waals surface area contributed by atoms with Gasteiger partial charge in [-0.2, -0.15) is 0 Å². The number of rotatable bonds is 5. The summed E-state index contributed by atoms with van der Waals surface area (Å²) < 4.78 is 18.1. The first-order chi connectivity index (χ1) is 11.6. The van der Waals surface area contributed by atoms with Crippen molar-refractivity contribution in [3.05, 3.63) is 35.9 Å². The zero-order valence-corrected chi connectivity index (χ0v) is 14.2. The largest absolute Gasteiger partial charge is 0.338 e. The Kier molecular flexibility index (Phi) is 4.11. The van der Waals surface area contributed by atoms with Crippen LogP contribution in [0.15, 0.2) is 30.3 Å². The standard InChI is InChI=1S/C19H25NO4/c1-2-8-18-12-22-19(23-13-18,24-14-18)16-9-17(21)20(11-16)10-15-6-4-3-5-7-15/h3-7,16H,2,8-14H2,1H3. The summed E-state index contributed by atoms with van der Waals surface area (Å²) in [7, 11) is 0. The number of ether oxygens (including phenoxy) is 3. The lowest BCUT2D eigenvalue weighted by Gasteiger charge is -2.53. The summed E-state index contributed by atoms with van der Waals surface area (Å²) in [4.78, 5) is 14.3. The van der Waals surface area contributed by atoms with Crippen molar-refractivity contribution in [1.29, 1.82) is 0 Å². The lowest BCUT2D eigenvalue weighted by molar-refractivity contribution is -0.485. The van der Waals surface area contributed by atoms with E-state index in [9.17, 15) is 4.79 Å². The molecule has 2 bridgehead atoms. The molecule has 1 aromatic carbocycles. The van der Waals surface area contributed by atoms with Gasteiger partial charge in [0.25, 0.3) is 5.97 Å². The highest BCUT2D eigenvalue weighted by Gasteiger charge is 2.58. The summed E-state index contributed by atoms with van der Waals surface area (Å²) in [6.45, 7) is 5.43. The molecule has 1 amide bonds. The zero-order chi connectivity index (χ0) is 16.6. The molecule has 4 aliphatic rings. The van der Waals surface area contributed by atoms with E-state index in [-0.39, 0.29) is 17.2 Å². The number of hydrogen-bond acceptors (Lipinski definition) is 4. The molecule has 4 saturated heterocycles. The number of nitrogens with zero attached hydrogens (tertiary/aromatic N) is 1. The Labute approximate surface area is 142 Å². The van der Waals surface area contributed by atoms with Crippen LogP contribution in [-0.2, 0) is 25.5 Å². The summed E-state index contributed by atoms with van der Waals surface area (Å²) >= 11 is 0. The maximum Gasteiger partial charge on any atom is 0.288 e. The number of likely N-dealkylation sites (tertiary alicyclic amines) is 1. The van der Waals surface area contributed by atoms with Crippen molar-refractivity contribution in [3.63, 3.8) is 0 Å². The van der Waals surface area contributed by atoms with Gasteiger partial charge in [-0.05, 0) is 12.0 Å². The number of carbonyl (C=O) groups excluding carboxylic acids is 1. The van der Waals surface area contributed by atoms with E-state index in [1.165, 1.54) is 0 Å². The summed E-state index contributed by atoms with van der Waals surface area (Å²) in [5.74, 6) is -0.935. The summed E-state index contributed by atoms with van der Waals surface area (Å²) in [6.07, 6.45) is 2.57. The smallest absolute Gasteiger partial charge is 0.288 e. The van der Waals surface area contributed by atoms with Crippen molar-refractivity contribution in [3.8, 4) is 0 Å². The summed E-state index contributed by atoms with van der Waals surface area (Å²) in [5.41, 5.74) is 1.14. The van der Waals surface area contributed by atoms with E-state index in [2.05, 4.69) is 6.92 Å². The highest BCUT2D eigenvalue weighted by molar-refractivity contribution is 5.78. The normalized spacial score (nSPS) is 35.6. The second kappa shape index (κ2) is 6.14. The Balaban J connectivity index is 1.42. The van der Waals surface area contributed by atoms with Crippen LogP contribution >= 0.6 is 0 Å². The van der Waals surface area contributed by atoms with Crippen LogP contribution in [0.5, 0.6) is 0 Å². The molecule has 1 atom stereocenters. The predicted molar refractivity (Wildman–Crippen MR) is 87.9 cm³/mol. The van der Waals surface area contributed by atoms with Crippen LogP contribution in [-0.4, -0.2) is 43.1 Å². The molecule has 130 valence electrons. The molecule has 5 nitrogen and oxygen atoms in total. The molecule has 4 fully saturated rings. The quantitative estimate of drug-likeness (QED) is 0.832. The molecule has 0 aliphatic carbocycles. The Morgan fingerprint density at radius 3 is 2.42 bits per heavy atom. The van der Waals surface area contributed by atoms with E-state index in [1.807, 2.05) is 35.2 Å². The molecule has 0 saturated carbocycles. The first-order valence-corrected chi connectivity index (χ1v) is 8.88. The Morgan fingerprint density at radius 2 is 1.79 bits per heavy atom. The molecular weight excluding hydrogens is 306 g/mol. The number of carbonyl (C=O) groups is 1. The van der Waals surface area contributed by atoms with Crippen LogP contribution in [0.25, 0.3) is 0 Å². The molecule has 0 aromatic heterocycles. The molecule has 24 heavy (non-hydrogen) atoms. The monoisotopic (exact) mass is 331 g/mol. The zero-order valence-electron chi connectivity index (χ0n) is 14.2. The highest BCUT2D eigenvalue weighted by Crippen LogP contribution is 2.46. The van der Waals surface area contributed by atoms with E-state index in [0.717, 1.165) is 18.4 Å². The van der Waals surface area contributed by atoms with Crippen molar-refractivity contribution in [2.24, 2.45) is 11.3 Å². The fraction of sp³-hybridized carbons (Fsp3) is 0.632. The van der Waals surface area contributed by atoms with Gasteiger partial charge in [0.05, 0.1) is 25.7 Å². The number of hydrogen-bond donors (Lipinski definition) is 0. The van der Waals surface area contributed by atoms with Crippen molar-refractivity contribution >= 4 is 5.91 Å². The first kappa shape index (κ1) is 16.1. The van der Waals surface area contributed by atoms with Gasteiger partial charge in [-0.15, -0.1) is 0 Å². The van der Waals surface area contributed by atoms with Gasteiger partial charge >= 0.3 is 0 Å². The fourth-order valence-corrected chi connectivity index (χ4v) is 4.08. The number of fused-ring (bicyclic) bond motifs is 3. The summed E-state index contributed by atoms with van der Waals surface area (Å²) in [6, 6.07) is 10.1. The number of benzene rings is 1. The average molecular weight is 331 g/mol. The fourth-order valence-electron chi connectivity index (χ4n) is 4.08. The van der Waals surface area contributed by atoms with Gasteiger partial charge in [-0.25, -0.2) is 0 Å². The Bertz CT molecular complexity index is 578. The third-order valence-electron chi connectivity index (χ3n) is 5.45. The molecule has 5 rings (SSSR count). The molecule has 1 aromatic rings. The Hall–Kier alpha value is -1.43. The molecular formula is C19H25NO4. The minimum Gasteiger partial charge on any atom is -0.338 e. The molecule has 1 unspecified atom stereocenters. The number of amides is 1. The van der Waals surface area contributed by atoms with Gasteiger partial charge in [0.1, 0.15) is 0 Å². The third kappa shape index (κ3) is 2.75. The van der Waals surface area contributed by atoms with Crippen LogP contribution in [0.4, 0.5) is 0 Å². The summed E-state index contributed by atoms with van der Waals surface area (Å²) in [5, 5.41) is 0. The van der Waals surface area contributed by atoms with E-state index in [1.54, 1.807) is 0 Å². The van der Waals surface area contributed by atoms with Crippen molar-refractivity contribution in [1.82, 2.24) is 4.90 Å². The van der Waals surface area contributed by atoms with Gasteiger partial charge in [0.15, 0.2) is 0 Å². The van der Waals surface area contributed by atoms with Gasteiger partial charge in [-0.3, -0.25) is 4.79 Å².